The molecule has 1 rings (SSSR count). The molecule has 0 fully saturated rings. The second-order valence-corrected chi connectivity index (χ2v) is 2.66. The highest BCUT2D eigenvalue weighted by Gasteiger charge is 2.04. The first-order valence-corrected chi connectivity index (χ1v) is 4.03. The summed E-state index contributed by atoms with van der Waals surface area (Å²) in [5, 5.41) is 12.9. The standard InChI is InChI=1S/C7H9ClN2O2/c8-4-6(11)5-10-7(12)2-1-3-9-10/h1-3,6,11H,4-5H2. The van der Waals surface area contributed by atoms with E-state index < -0.39 is 6.10 Å². The van der Waals surface area contributed by atoms with Crippen LogP contribution in [0.1, 0.15) is 0 Å². The van der Waals surface area contributed by atoms with Crippen molar-refractivity contribution >= 4 is 11.6 Å². The lowest BCUT2D eigenvalue weighted by molar-refractivity contribution is 0.169. The summed E-state index contributed by atoms with van der Waals surface area (Å²) in [5.41, 5.74) is -0.235. The first-order valence-electron chi connectivity index (χ1n) is 3.50. The fraction of sp³-hybridized carbons (Fsp3) is 0.429. The molecule has 0 saturated heterocycles. The van der Waals surface area contributed by atoms with Crippen molar-refractivity contribution in [2.45, 2.75) is 12.6 Å². The minimum absolute atomic E-state index is 0.100. The molecule has 0 radical (unpaired) electrons. The molecule has 0 aliphatic rings. The van der Waals surface area contributed by atoms with Gasteiger partial charge in [0.2, 0.25) is 0 Å². The van der Waals surface area contributed by atoms with Crippen molar-refractivity contribution in [1.82, 2.24) is 9.78 Å². The van der Waals surface area contributed by atoms with Crippen LogP contribution in [0.3, 0.4) is 0 Å². The summed E-state index contributed by atoms with van der Waals surface area (Å²) in [4.78, 5) is 11.0. The van der Waals surface area contributed by atoms with Crippen LogP contribution in [-0.4, -0.2) is 26.9 Å². The summed E-state index contributed by atoms with van der Waals surface area (Å²) in [7, 11) is 0. The molecule has 1 atom stereocenters. The molecule has 1 unspecified atom stereocenters. The number of aliphatic hydroxyl groups excluding tert-OH is 1. The summed E-state index contributed by atoms with van der Waals surface area (Å²) < 4.78 is 1.17. The molecule has 66 valence electrons. The number of aliphatic hydroxyl groups is 1. The highest BCUT2D eigenvalue weighted by Crippen LogP contribution is 1.89. The Labute approximate surface area is 74.4 Å². The Morgan fingerprint density at radius 1 is 1.75 bits per heavy atom. The fourth-order valence-corrected chi connectivity index (χ4v) is 0.870. The van der Waals surface area contributed by atoms with Crippen molar-refractivity contribution in [3.8, 4) is 0 Å². The van der Waals surface area contributed by atoms with Crippen molar-refractivity contribution < 1.29 is 5.11 Å². The summed E-state index contributed by atoms with van der Waals surface area (Å²) in [6.45, 7) is 0.142. The predicted octanol–water partition coefficient (Wildman–Crippen LogP) is -0.157. The molecule has 1 aromatic heterocycles. The number of rotatable bonds is 3. The second-order valence-electron chi connectivity index (χ2n) is 2.35. The summed E-state index contributed by atoms with van der Waals surface area (Å²) in [6, 6.07) is 2.93. The van der Waals surface area contributed by atoms with Crippen LogP contribution in [0.15, 0.2) is 23.1 Å². The third kappa shape index (κ3) is 2.32. The molecule has 1 N–H and O–H groups in total. The van der Waals surface area contributed by atoms with E-state index in [0.717, 1.165) is 0 Å². The van der Waals surface area contributed by atoms with Crippen LogP contribution in [0, 0.1) is 0 Å². The van der Waals surface area contributed by atoms with Crippen molar-refractivity contribution in [2.75, 3.05) is 5.88 Å². The smallest absolute Gasteiger partial charge is 0.266 e. The number of nitrogens with zero attached hydrogens (tertiary/aromatic N) is 2. The van der Waals surface area contributed by atoms with Crippen LogP contribution in [0.2, 0.25) is 0 Å². The molecule has 0 aliphatic heterocycles. The van der Waals surface area contributed by atoms with Crippen LogP contribution in [0.5, 0.6) is 0 Å². The van der Waals surface area contributed by atoms with E-state index in [1.54, 1.807) is 6.07 Å². The number of hydrogen-bond acceptors (Lipinski definition) is 3. The fourth-order valence-electron chi connectivity index (χ4n) is 0.773. The van der Waals surface area contributed by atoms with Gasteiger partial charge in [-0.15, -0.1) is 11.6 Å². The Morgan fingerprint density at radius 3 is 3.08 bits per heavy atom. The molecular formula is C7H9ClN2O2. The first-order chi connectivity index (χ1) is 5.74. The molecule has 0 aliphatic carbocycles. The van der Waals surface area contributed by atoms with Gasteiger partial charge in [0.1, 0.15) is 0 Å². The number of halogens is 1. The molecule has 1 aromatic rings. The van der Waals surface area contributed by atoms with Gasteiger partial charge in [0.15, 0.2) is 0 Å². The van der Waals surface area contributed by atoms with Gasteiger partial charge in [0, 0.05) is 12.3 Å². The minimum atomic E-state index is -0.723. The maximum atomic E-state index is 11.0. The Morgan fingerprint density at radius 2 is 2.50 bits per heavy atom. The third-order valence-electron chi connectivity index (χ3n) is 1.35. The molecule has 0 aromatic carbocycles. The second kappa shape index (κ2) is 4.23. The molecule has 0 bridgehead atoms. The van der Waals surface area contributed by atoms with Gasteiger partial charge in [0.05, 0.1) is 18.5 Å². The monoisotopic (exact) mass is 188 g/mol. The van der Waals surface area contributed by atoms with Crippen LogP contribution < -0.4 is 5.56 Å². The minimum Gasteiger partial charge on any atom is -0.390 e. The van der Waals surface area contributed by atoms with Crippen LogP contribution in [-0.2, 0) is 6.54 Å². The van der Waals surface area contributed by atoms with Gasteiger partial charge in [-0.25, -0.2) is 4.68 Å². The van der Waals surface area contributed by atoms with E-state index >= 15 is 0 Å². The first kappa shape index (κ1) is 9.22. The number of aromatic nitrogens is 2. The predicted molar refractivity (Wildman–Crippen MR) is 45.2 cm³/mol. The van der Waals surface area contributed by atoms with Gasteiger partial charge in [-0.3, -0.25) is 4.79 Å². The van der Waals surface area contributed by atoms with Gasteiger partial charge in [0.25, 0.3) is 5.56 Å². The average molecular weight is 189 g/mol. The van der Waals surface area contributed by atoms with Gasteiger partial charge < -0.3 is 5.11 Å². The molecule has 0 spiro atoms. The SMILES string of the molecule is O=c1cccnn1CC(O)CCl. The molecule has 0 amide bonds. The number of hydrogen-bond donors (Lipinski definition) is 1. The zero-order valence-corrected chi connectivity index (χ0v) is 7.11. The largest absolute Gasteiger partial charge is 0.390 e. The molecule has 4 nitrogen and oxygen atoms in total. The normalized spacial score (nSPS) is 12.8. The van der Waals surface area contributed by atoms with E-state index in [9.17, 15) is 4.79 Å². The summed E-state index contributed by atoms with van der Waals surface area (Å²) >= 11 is 5.36. The third-order valence-corrected chi connectivity index (χ3v) is 1.70. The quantitative estimate of drug-likeness (QED) is 0.671. The van der Waals surface area contributed by atoms with Crippen molar-refractivity contribution in [3.05, 3.63) is 28.7 Å². The van der Waals surface area contributed by atoms with Crippen LogP contribution in [0.25, 0.3) is 0 Å². The summed E-state index contributed by atoms with van der Waals surface area (Å²) in [6.07, 6.45) is 0.766. The van der Waals surface area contributed by atoms with Crippen LogP contribution >= 0.6 is 11.6 Å². The van der Waals surface area contributed by atoms with Gasteiger partial charge >= 0.3 is 0 Å². The molecule has 5 heteroatoms. The highest BCUT2D eigenvalue weighted by atomic mass is 35.5. The number of alkyl halides is 1. The molecule has 12 heavy (non-hydrogen) atoms. The zero-order valence-electron chi connectivity index (χ0n) is 6.35. The van der Waals surface area contributed by atoms with Crippen LogP contribution in [0.4, 0.5) is 0 Å². The molecule has 1 heterocycles. The summed E-state index contributed by atoms with van der Waals surface area (Å²) in [5.74, 6) is 0.100. The van der Waals surface area contributed by atoms with Gasteiger partial charge in [-0.2, -0.15) is 5.10 Å². The molecule has 0 saturated carbocycles. The maximum Gasteiger partial charge on any atom is 0.266 e. The van der Waals surface area contributed by atoms with E-state index in [-0.39, 0.29) is 18.0 Å². The average Bonchev–Trinajstić information content (AvgIpc) is 2.09. The lowest BCUT2D eigenvalue weighted by Crippen LogP contribution is -2.28. The van der Waals surface area contributed by atoms with Gasteiger partial charge in [-0.1, -0.05) is 0 Å². The lowest BCUT2D eigenvalue weighted by Gasteiger charge is -2.06. The Balaban J connectivity index is 2.76. The van der Waals surface area contributed by atoms with E-state index in [1.165, 1.54) is 16.9 Å². The Kier molecular flexibility index (Phi) is 3.25. The zero-order chi connectivity index (χ0) is 8.97. The van der Waals surface area contributed by atoms with Crippen molar-refractivity contribution in [2.24, 2.45) is 0 Å². The van der Waals surface area contributed by atoms with E-state index in [4.69, 9.17) is 16.7 Å². The van der Waals surface area contributed by atoms with E-state index in [2.05, 4.69) is 5.10 Å². The maximum absolute atomic E-state index is 11.0. The Hall–Kier alpha value is -0.870. The van der Waals surface area contributed by atoms with Crippen molar-refractivity contribution in [1.29, 1.82) is 0 Å². The van der Waals surface area contributed by atoms with Crippen molar-refractivity contribution in [3.63, 3.8) is 0 Å². The van der Waals surface area contributed by atoms with Gasteiger partial charge in [-0.05, 0) is 6.07 Å². The Bertz CT molecular complexity index is 299. The topological polar surface area (TPSA) is 55.1 Å². The van der Waals surface area contributed by atoms with E-state index in [0.29, 0.717) is 0 Å². The highest BCUT2D eigenvalue weighted by molar-refractivity contribution is 6.18. The lowest BCUT2D eigenvalue weighted by atomic mass is 10.4. The van der Waals surface area contributed by atoms with E-state index in [1.807, 2.05) is 0 Å². The molecular weight excluding hydrogens is 180 g/mol.